The molecular formula is C40H64O16. The minimum absolute atomic E-state index is 0. The van der Waals surface area contributed by atoms with Gasteiger partial charge in [0.15, 0.2) is 24.6 Å². The summed E-state index contributed by atoms with van der Waals surface area (Å²) in [6.07, 6.45) is -2.36. The second kappa shape index (κ2) is 25.3. The summed E-state index contributed by atoms with van der Waals surface area (Å²) in [5, 5.41) is 36.1. The van der Waals surface area contributed by atoms with Gasteiger partial charge < -0.3 is 53.6 Å². The van der Waals surface area contributed by atoms with Crippen LogP contribution in [0, 0.1) is 60.2 Å². The third-order valence-electron chi connectivity index (χ3n) is 7.64. The molecule has 4 N–H and O–H groups in total. The molecule has 2 aliphatic rings. The van der Waals surface area contributed by atoms with Crippen LogP contribution in [0.1, 0.15) is 90.5 Å². The molecule has 2 heterocycles. The fourth-order valence-corrected chi connectivity index (χ4v) is 3.86. The molecule has 0 amide bonds. The van der Waals surface area contributed by atoms with Crippen LogP contribution in [0.25, 0.3) is 0 Å². The second-order valence-electron chi connectivity index (χ2n) is 14.6. The minimum atomic E-state index is -1.55. The van der Waals surface area contributed by atoms with E-state index in [0.29, 0.717) is 5.76 Å². The van der Waals surface area contributed by atoms with E-state index in [4.69, 9.17) is 57.0 Å². The lowest BCUT2D eigenvalue weighted by molar-refractivity contribution is -0.289. The van der Waals surface area contributed by atoms with E-state index in [0.717, 1.165) is 0 Å². The average Bonchev–Trinajstić information content (AvgIpc) is 3.10. The van der Waals surface area contributed by atoms with Crippen LogP contribution in [0.4, 0.5) is 0 Å². The molecule has 0 bridgehead atoms. The van der Waals surface area contributed by atoms with Crippen molar-refractivity contribution in [3.05, 3.63) is 12.3 Å². The summed E-state index contributed by atoms with van der Waals surface area (Å²) in [5.74, 6) is 0.233. The zero-order valence-corrected chi connectivity index (χ0v) is 33.8. The molecule has 2 rings (SSSR count). The number of carbonyl (C=O) groups is 5. The van der Waals surface area contributed by atoms with Crippen molar-refractivity contribution in [1.82, 2.24) is 0 Å². The van der Waals surface area contributed by atoms with E-state index in [1.165, 1.54) is 0 Å². The predicted molar refractivity (Wildman–Crippen MR) is 202 cm³/mol. The summed E-state index contributed by atoms with van der Waals surface area (Å²) < 4.78 is 37.6. The lowest BCUT2D eigenvalue weighted by Gasteiger charge is -2.44. The van der Waals surface area contributed by atoms with Crippen LogP contribution in [0.2, 0.25) is 0 Å². The molecule has 0 saturated carbocycles. The van der Waals surface area contributed by atoms with Crippen molar-refractivity contribution in [2.75, 3.05) is 0 Å². The Morgan fingerprint density at radius 2 is 0.911 bits per heavy atom. The monoisotopic (exact) mass is 800 g/mol. The maximum atomic E-state index is 12.5. The van der Waals surface area contributed by atoms with Crippen molar-refractivity contribution in [1.29, 1.82) is 0 Å². The van der Waals surface area contributed by atoms with Crippen LogP contribution < -0.4 is 0 Å². The number of esters is 5. The molecule has 0 unspecified atom stereocenters. The fourth-order valence-electron chi connectivity index (χ4n) is 3.86. The summed E-state index contributed by atoms with van der Waals surface area (Å²) in [7, 11) is 0. The predicted octanol–water partition coefficient (Wildman–Crippen LogP) is 2.66. The maximum absolute atomic E-state index is 12.5. The molecule has 0 spiro atoms. The first-order valence-corrected chi connectivity index (χ1v) is 18.0. The molecule has 0 radical (unpaired) electrons. The molecule has 10 atom stereocenters. The molecule has 0 aromatic rings. The highest BCUT2D eigenvalue weighted by atomic mass is 16.7. The highest BCUT2D eigenvalue weighted by Gasteiger charge is 2.53. The molecule has 2 fully saturated rings. The number of ether oxygens (including phenoxy) is 7. The van der Waals surface area contributed by atoms with Crippen molar-refractivity contribution in [3.8, 4) is 24.7 Å². The lowest BCUT2D eigenvalue weighted by Crippen LogP contribution is -2.62. The zero-order valence-electron chi connectivity index (χ0n) is 33.8. The Hall–Kier alpha value is -4.03. The second-order valence-corrected chi connectivity index (χ2v) is 14.6. The van der Waals surface area contributed by atoms with Crippen LogP contribution in [-0.4, -0.2) is 112 Å². The smallest absolute Gasteiger partial charge is 0.316 e. The van der Waals surface area contributed by atoms with Crippen molar-refractivity contribution in [2.45, 2.75) is 152 Å². The van der Waals surface area contributed by atoms with Gasteiger partial charge in [0.25, 0.3) is 0 Å². The molecule has 16 nitrogen and oxygen atoms in total. The van der Waals surface area contributed by atoms with E-state index in [9.17, 15) is 24.0 Å². The largest absolute Gasteiger partial charge is 0.487 e. The standard InChI is InChI=1S/C24H36O8.C8H14O3.C7H10O5.CH4/c1-11-17-18(28-16(10)12(2)3)19(30-21(25)13(4)5)20(31-22(26)14(6)7)24(29-17)32-23(27)15(8)9;1-5(2)7(9)11-8(10)6(3)4;1-2-3-4(8)5(9)6(10)7(11)12-3;/h1,12-15,17-20,24H,10H2,2-9H3;5-6H,1-4H3;1,3-11H;1H4/t17-,18+,19+,20-,24-;;3-,4+,5+,6-,7+;/m0.0./s1. The van der Waals surface area contributed by atoms with Crippen LogP contribution in [0.3, 0.4) is 0 Å². The summed E-state index contributed by atoms with van der Waals surface area (Å²) in [6, 6.07) is 0. The SMILES string of the molecule is C.C#C[C@@H]1O[C@@H](O)[C@@H](O)[C@H](O)[C@@H]1O.C#C[C@@H]1O[C@@H](OC(=O)C(C)C)[C@@H](OC(=O)C(C)C)[C@H](OC(=O)C(C)C)[C@@H]1OC(=C)C(C)C.CC(C)C(=O)OC(=O)C(C)C. The Labute approximate surface area is 331 Å². The highest BCUT2D eigenvalue weighted by Crippen LogP contribution is 2.32. The molecular weight excluding hydrogens is 736 g/mol. The summed E-state index contributed by atoms with van der Waals surface area (Å²) >= 11 is 0. The van der Waals surface area contributed by atoms with Crippen LogP contribution in [0.5, 0.6) is 0 Å². The minimum Gasteiger partial charge on any atom is -0.487 e. The van der Waals surface area contributed by atoms with Crippen LogP contribution in [-0.2, 0) is 57.1 Å². The van der Waals surface area contributed by atoms with Crippen molar-refractivity contribution in [2.24, 2.45) is 35.5 Å². The first-order chi connectivity index (χ1) is 25.3. The van der Waals surface area contributed by atoms with Crippen molar-refractivity contribution < 1.29 is 77.6 Å². The third-order valence-corrected chi connectivity index (χ3v) is 7.64. The highest BCUT2D eigenvalue weighted by molar-refractivity contribution is 5.87. The van der Waals surface area contributed by atoms with Gasteiger partial charge in [0.2, 0.25) is 12.4 Å². The van der Waals surface area contributed by atoms with E-state index < -0.39 is 109 Å². The van der Waals surface area contributed by atoms with E-state index in [2.05, 4.69) is 22.0 Å². The van der Waals surface area contributed by atoms with Gasteiger partial charge in [-0.1, -0.05) is 109 Å². The van der Waals surface area contributed by atoms with Gasteiger partial charge in [-0.3, -0.25) is 24.0 Å². The van der Waals surface area contributed by atoms with E-state index in [1.807, 2.05) is 19.8 Å². The lowest BCUT2D eigenvalue weighted by atomic mass is 9.97. The summed E-state index contributed by atoms with van der Waals surface area (Å²) in [4.78, 5) is 58.9. The number of allylic oxidation sites excluding steroid dienone is 1. The number of aliphatic hydroxyl groups excluding tert-OH is 4. The third kappa shape index (κ3) is 17.0. The van der Waals surface area contributed by atoms with Crippen LogP contribution in [0.15, 0.2) is 12.3 Å². The Kier molecular flexibility index (Phi) is 24.4. The number of rotatable bonds is 11. The number of terminal acetylenes is 2. The van der Waals surface area contributed by atoms with Gasteiger partial charge in [-0.05, 0) is 0 Å². The van der Waals surface area contributed by atoms with Gasteiger partial charge in [-0.2, -0.15) is 0 Å². The van der Waals surface area contributed by atoms with E-state index in [1.54, 1.807) is 69.2 Å². The molecule has 56 heavy (non-hydrogen) atoms. The summed E-state index contributed by atoms with van der Waals surface area (Å²) in [6.45, 7) is 24.3. The maximum Gasteiger partial charge on any atom is 0.316 e. The molecule has 16 heteroatoms. The van der Waals surface area contributed by atoms with E-state index in [-0.39, 0.29) is 25.2 Å². The first-order valence-electron chi connectivity index (χ1n) is 18.0. The van der Waals surface area contributed by atoms with E-state index >= 15 is 0 Å². The van der Waals surface area contributed by atoms with Gasteiger partial charge in [-0.25, -0.2) is 0 Å². The van der Waals surface area contributed by atoms with Gasteiger partial charge >= 0.3 is 29.8 Å². The van der Waals surface area contributed by atoms with Gasteiger partial charge in [0, 0.05) is 5.92 Å². The first kappa shape index (κ1) is 54.1. The Bertz CT molecular complexity index is 1350. The fraction of sp³-hybridized carbons (Fsp3) is 0.725. The molecule has 0 aliphatic carbocycles. The topological polar surface area (TPSA) is 231 Å². The average molecular weight is 801 g/mol. The number of hydrogen-bond acceptors (Lipinski definition) is 16. The van der Waals surface area contributed by atoms with Crippen molar-refractivity contribution >= 4 is 29.8 Å². The van der Waals surface area contributed by atoms with Gasteiger partial charge in [-0.15, -0.1) is 12.8 Å². The molecule has 2 aliphatic heterocycles. The summed E-state index contributed by atoms with van der Waals surface area (Å²) in [5.41, 5.74) is 0. The quantitative estimate of drug-likeness (QED) is 0.0774. The molecule has 0 aromatic heterocycles. The molecule has 2 saturated heterocycles. The van der Waals surface area contributed by atoms with Gasteiger partial charge in [0.1, 0.15) is 24.4 Å². The zero-order chi connectivity index (χ0) is 43.1. The molecule has 320 valence electrons. The van der Waals surface area contributed by atoms with Gasteiger partial charge in [0.05, 0.1) is 35.3 Å². The molecule has 0 aromatic carbocycles. The Balaban J connectivity index is 0. The normalized spacial score (nSPS) is 26.9. The number of aliphatic hydroxyl groups is 4. The Morgan fingerprint density at radius 1 is 0.518 bits per heavy atom. The number of hydrogen-bond donors (Lipinski definition) is 4. The Morgan fingerprint density at radius 3 is 1.29 bits per heavy atom. The number of carbonyl (C=O) groups excluding carboxylic acids is 5. The van der Waals surface area contributed by atoms with Crippen LogP contribution >= 0.6 is 0 Å². The van der Waals surface area contributed by atoms with Crippen molar-refractivity contribution in [3.63, 3.8) is 0 Å².